The van der Waals surface area contributed by atoms with Crippen molar-refractivity contribution in [3.63, 3.8) is 0 Å². The largest absolute Gasteiger partial charge is 0.465 e. The number of rotatable bonds is 8. The Morgan fingerprint density at radius 1 is 1.14 bits per heavy atom. The van der Waals surface area contributed by atoms with Gasteiger partial charge in [-0.1, -0.05) is 26.0 Å². The molecule has 5 heteroatoms. The molecule has 0 fully saturated rings. The van der Waals surface area contributed by atoms with E-state index in [-0.39, 0.29) is 24.8 Å². The average Bonchev–Trinajstić information content (AvgIpc) is 2.45. The third-order valence-corrected chi connectivity index (χ3v) is 3.41. The quantitative estimate of drug-likeness (QED) is 0.416. The summed E-state index contributed by atoms with van der Waals surface area (Å²) in [6.07, 6.45) is 2.82. The van der Waals surface area contributed by atoms with E-state index in [1.165, 1.54) is 11.8 Å². The molecular formula is C16H22O4S. The van der Waals surface area contributed by atoms with Gasteiger partial charge in [0.2, 0.25) is 0 Å². The summed E-state index contributed by atoms with van der Waals surface area (Å²) in [7, 11) is 0. The van der Waals surface area contributed by atoms with E-state index in [0.717, 1.165) is 4.90 Å². The van der Waals surface area contributed by atoms with E-state index < -0.39 is 0 Å². The summed E-state index contributed by atoms with van der Waals surface area (Å²) >= 11 is 1.52. The first-order chi connectivity index (χ1) is 10.0. The van der Waals surface area contributed by atoms with Gasteiger partial charge in [0.15, 0.2) is 0 Å². The number of esters is 2. The van der Waals surface area contributed by atoms with Gasteiger partial charge in [-0.3, -0.25) is 9.59 Å². The minimum atomic E-state index is -0.326. The molecule has 21 heavy (non-hydrogen) atoms. The lowest BCUT2D eigenvalue weighted by Gasteiger charge is -2.08. The van der Waals surface area contributed by atoms with Crippen LogP contribution >= 0.6 is 11.8 Å². The van der Waals surface area contributed by atoms with E-state index >= 15 is 0 Å². The molecule has 4 nitrogen and oxygen atoms in total. The molecule has 0 aromatic heterocycles. The van der Waals surface area contributed by atoms with Crippen LogP contribution in [-0.2, 0) is 14.3 Å². The van der Waals surface area contributed by atoms with Crippen LogP contribution in [0.2, 0.25) is 0 Å². The highest BCUT2D eigenvalue weighted by molar-refractivity contribution is 7.98. The molecule has 0 N–H and O–H groups in total. The average molecular weight is 310 g/mol. The standard InChI is InChI=1S/C16H22O4S/c1-12(2)11-19-15(17)9-6-10-16(18)20-13-7-4-5-8-14(13)21-3/h4-5,7-8,12H,6,9-11H2,1-3H3. The molecule has 1 aromatic rings. The van der Waals surface area contributed by atoms with Crippen LogP contribution in [0.25, 0.3) is 0 Å². The smallest absolute Gasteiger partial charge is 0.311 e. The van der Waals surface area contributed by atoms with Crippen LogP contribution in [0.5, 0.6) is 5.75 Å². The van der Waals surface area contributed by atoms with Crippen molar-refractivity contribution in [2.24, 2.45) is 5.92 Å². The molecule has 0 bridgehead atoms. The van der Waals surface area contributed by atoms with Crippen LogP contribution in [0.4, 0.5) is 0 Å². The normalized spacial score (nSPS) is 10.5. The van der Waals surface area contributed by atoms with Gasteiger partial charge in [0.1, 0.15) is 5.75 Å². The predicted octanol–water partition coefficient (Wildman–Crippen LogP) is 3.68. The summed E-state index contributed by atoms with van der Waals surface area (Å²) in [6.45, 7) is 4.38. The van der Waals surface area contributed by atoms with Gasteiger partial charge in [0.25, 0.3) is 0 Å². The van der Waals surface area contributed by atoms with Gasteiger partial charge in [0, 0.05) is 17.7 Å². The Morgan fingerprint density at radius 3 is 2.48 bits per heavy atom. The molecule has 0 aliphatic rings. The molecule has 0 unspecified atom stereocenters. The Morgan fingerprint density at radius 2 is 1.81 bits per heavy atom. The van der Waals surface area contributed by atoms with Crippen LogP contribution in [0.15, 0.2) is 29.2 Å². The predicted molar refractivity (Wildman–Crippen MR) is 83.5 cm³/mol. The first kappa shape index (κ1) is 17.6. The molecule has 0 saturated carbocycles. The number of hydrogen-bond acceptors (Lipinski definition) is 5. The molecule has 0 saturated heterocycles. The van der Waals surface area contributed by atoms with Crippen molar-refractivity contribution >= 4 is 23.7 Å². The van der Waals surface area contributed by atoms with Crippen molar-refractivity contribution in [1.29, 1.82) is 0 Å². The lowest BCUT2D eigenvalue weighted by atomic mass is 10.2. The van der Waals surface area contributed by atoms with Crippen molar-refractivity contribution in [2.45, 2.75) is 38.0 Å². The van der Waals surface area contributed by atoms with Gasteiger partial charge < -0.3 is 9.47 Å². The number of para-hydroxylation sites is 1. The monoisotopic (exact) mass is 310 g/mol. The molecular weight excluding hydrogens is 288 g/mol. The van der Waals surface area contributed by atoms with Gasteiger partial charge in [-0.2, -0.15) is 0 Å². The Kier molecular flexibility index (Phi) is 7.90. The minimum absolute atomic E-state index is 0.208. The summed E-state index contributed by atoms with van der Waals surface area (Å²) in [4.78, 5) is 24.1. The maximum absolute atomic E-state index is 11.7. The van der Waals surface area contributed by atoms with E-state index in [0.29, 0.717) is 24.7 Å². The van der Waals surface area contributed by atoms with Crippen LogP contribution < -0.4 is 4.74 Å². The van der Waals surface area contributed by atoms with Crippen molar-refractivity contribution in [1.82, 2.24) is 0 Å². The van der Waals surface area contributed by atoms with Gasteiger partial charge in [0.05, 0.1) is 6.61 Å². The Labute approximate surface area is 130 Å². The lowest BCUT2D eigenvalue weighted by molar-refractivity contribution is -0.145. The molecule has 0 spiro atoms. The number of hydrogen-bond donors (Lipinski definition) is 0. The number of carbonyl (C=O) groups is 2. The molecule has 0 amide bonds. The van der Waals surface area contributed by atoms with E-state index in [1.807, 2.05) is 38.3 Å². The molecule has 116 valence electrons. The van der Waals surface area contributed by atoms with Gasteiger partial charge in [-0.25, -0.2) is 0 Å². The highest BCUT2D eigenvalue weighted by Crippen LogP contribution is 2.27. The zero-order valence-corrected chi connectivity index (χ0v) is 13.6. The third-order valence-electron chi connectivity index (χ3n) is 2.63. The van der Waals surface area contributed by atoms with Crippen molar-refractivity contribution < 1.29 is 19.1 Å². The van der Waals surface area contributed by atoms with E-state index in [1.54, 1.807) is 6.07 Å². The van der Waals surface area contributed by atoms with E-state index in [4.69, 9.17) is 9.47 Å². The highest BCUT2D eigenvalue weighted by Gasteiger charge is 2.10. The summed E-state index contributed by atoms with van der Waals surface area (Å²) in [5.74, 6) is 0.300. The third kappa shape index (κ3) is 7.18. The van der Waals surface area contributed by atoms with Gasteiger partial charge in [-0.15, -0.1) is 11.8 Å². The molecule has 1 rings (SSSR count). The fourth-order valence-electron chi connectivity index (χ4n) is 1.59. The summed E-state index contributed by atoms with van der Waals surface area (Å²) < 4.78 is 10.4. The summed E-state index contributed by atoms with van der Waals surface area (Å²) in [5.41, 5.74) is 0. The molecule has 0 heterocycles. The minimum Gasteiger partial charge on any atom is -0.465 e. The number of thioether (sulfide) groups is 1. The molecule has 0 aliphatic carbocycles. The van der Waals surface area contributed by atoms with Crippen molar-refractivity contribution in [3.8, 4) is 5.75 Å². The molecule has 0 radical (unpaired) electrons. The first-order valence-electron chi connectivity index (χ1n) is 7.02. The second-order valence-corrected chi connectivity index (χ2v) is 5.90. The fourth-order valence-corrected chi connectivity index (χ4v) is 2.11. The maximum atomic E-state index is 11.7. The topological polar surface area (TPSA) is 52.6 Å². The van der Waals surface area contributed by atoms with Crippen LogP contribution in [0, 0.1) is 5.92 Å². The van der Waals surface area contributed by atoms with E-state index in [2.05, 4.69) is 0 Å². The van der Waals surface area contributed by atoms with Gasteiger partial charge >= 0.3 is 11.9 Å². The number of benzene rings is 1. The second kappa shape index (κ2) is 9.45. The Bertz CT molecular complexity index is 471. The van der Waals surface area contributed by atoms with Crippen molar-refractivity contribution in [2.75, 3.05) is 12.9 Å². The zero-order chi connectivity index (χ0) is 15.7. The van der Waals surface area contributed by atoms with Crippen LogP contribution in [0.3, 0.4) is 0 Å². The number of carbonyl (C=O) groups excluding carboxylic acids is 2. The molecule has 1 aromatic carbocycles. The SMILES string of the molecule is CSc1ccccc1OC(=O)CCCC(=O)OCC(C)C. The van der Waals surface area contributed by atoms with Crippen LogP contribution in [-0.4, -0.2) is 24.8 Å². The highest BCUT2D eigenvalue weighted by atomic mass is 32.2. The zero-order valence-electron chi connectivity index (χ0n) is 12.8. The van der Waals surface area contributed by atoms with Gasteiger partial charge in [-0.05, 0) is 30.7 Å². The Balaban J connectivity index is 2.30. The summed E-state index contributed by atoms with van der Waals surface area (Å²) in [5, 5.41) is 0. The Hall–Kier alpha value is -1.49. The molecule has 0 aliphatic heterocycles. The van der Waals surface area contributed by atoms with Crippen molar-refractivity contribution in [3.05, 3.63) is 24.3 Å². The second-order valence-electron chi connectivity index (χ2n) is 5.06. The van der Waals surface area contributed by atoms with Crippen LogP contribution in [0.1, 0.15) is 33.1 Å². The van der Waals surface area contributed by atoms with E-state index in [9.17, 15) is 9.59 Å². The lowest BCUT2D eigenvalue weighted by Crippen LogP contribution is -2.12. The maximum Gasteiger partial charge on any atom is 0.311 e. The number of ether oxygens (including phenoxy) is 2. The summed E-state index contributed by atoms with van der Waals surface area (Å²) in [6, 6.07) is 7.39. The first-order valence-corrected chi connectivity index (χ1v) is 8.24. The fraction of sp³-hybridized carbons (Fsp3) is 0.500. The molecule has 0 atom stereocenters.